The van der Waals surface area contributed by atoms with Gasteiger partial charge < -0.3 is 9.66 Å². The van der Waals surface area contributed by atoms with E-state index in [2.05, 4.69) is 13.8 Å². The van der Waals surface area contributed by atoms with Crippen molar-refractivity contribution in [2.75, 3.05) is 0 Å². The van der Waals surface area contributed by atoms with Gasteiger partial charge in [0.25, 0.3) is 0 Å². The fourth-order valence-corrected chi connectivity index (χ4v) is 3.79. The average molecular weight is 389 g/mol. The third-order valence-electron chi connectivity index (χ3n) is 4.50. The zero-order valence-electron chi connectivity index (χ0n) is 16.1. The molecule has 0 aromatic heterocycles. The van der Waals surface area contributed by atoms with Gasteiger partial charge in [-0.3, -0.25) is 0 Å². The third-order valence-corrected chi connectivity index (χ3v) is 5.79. The van der Waals surface area contributed by atoms with E-state index in [1.807, 2.05) is 0 Å². The molecule has 140 valence electrons. The average Bonchev–Trinajstić information content (AvgIpc) is 2.48. The molecule has 0 spiro atoms. The predicted molar refractivity (Wildman–Crippen MR) is 95.5 cm³/mol. The molecular formula is C18H37KO4S. The Balaban J connectivity index is 0. The van der Waals surface area contributed by atoms with Crippen LogP contribution in [0, 0.1) is 0 Å². The van der Waals surface area contributed by atoms with Gasteiger partial charge in [0.15, 0.2) is 0 Å². The molecule has 0 saturated heterocycles. The molecule has 0 bridgehead atoms. The van der Waals surface area contributed by atoms with Gasteiger partial charge in [-0.15, -0.1) is 0 Å². The Morgan fingerprint density at radius 3 is 1.75 bits per heavy atom. The summed E-state index contributed by atoms with van der Waals surface area (Å²) in [7, 11) is -4.25. The number of hydrogen-bond acceptors (Lipinski definition) is 4. The fraction of sp³-hybridized carbons (Fsp3) is 1.00. The van der Waals surface area contributed by atoms with Gasteiger partial charge in [0, 0.05) is 5.25 Å². The molecule has 24 heavy (non-hydrogen) atoms. The van der Waals surface area contributed by atoms with Gasteiger partial charge >= 0.3 is 51.4 Å². The first-order valence-corrected chi connectivity index (χ1v) is 11.0. The van der Waals surface area contributed by atoms with Gasteiger partial charge in [-0.1, -0.05) is 78.1 Å². The van der Waals surface area contributed by atoms with Gasteiger partial charge in [-0.05, 0) is 25.7 Å². The molecule has 1 N–H and O–H groups in total. The van der Waals surface area contributed by atoms with Gasteiger partial charge in [0.2, 0.25) is 0 Å². The summed E-state index contributed by atoms with van der Waals surface area (Å²) < 4.78 is 34.1. The molecule has 2 atom stereocenters. The number of rotatable bonds is 16. The van der Waals surface area contributed by atoms with Crippen LogP contribution in [0.15, 0.2) is 0 Å². The summed E-state index contributed by atoms with van der Waals surface area (Å²) in [6, 6.07) is 0. The minimum atomic E-state index is -4.25. The second-order valence-electron chi connectivity index (χ2n) is 6.75. The number of hydrogen-bond donors (Lipinski definition) is 1. The van der Waals surface area contributed by atoms with E-state index in [0.29, 0.717) is 25.7 Å². The standard InChI is InChI=1S/C18H38O4S.K/c1-3-5-7-8-9-10-12-14-18(23(20,21)22)16-15-17(19)13-11-6-4-2;/h17-19H,3-16H2,1-2H3,(H,20,21,22);/q;+1/p-1. The molecular weight excluding hydrogens is 351 g/mol. The summed E-state index contributed by atoms with van der Waals surface area (Å²) in [6.45, 7) is 4.29. The molecule has 0 radical (unpaired) electrons. The van der Waals surface area contributed by atoms with Crippen molar-refractivity contribution in [1.29, 1.82) is 0 Å². The molecule has 0 aliphatic heterocycles. The summed E-state index contributed by atoms with van der Waals surface area (Å²) in [5.41, 5.74) is 0. The molecule has 0 aliphatic rings. The SMILES string of the molecule is CCCCCCCCCC(CCC(O)CCCCC)S(=O)(=O)[O-].[K+]. The smallest absolute Gasteiger partial charge is 0.748 e. The first kappa shape index (κ1) is 27.7. The number of aliphatic hydroxyl groups excluding tert-OH is 1. The Bertz CT molecular complexity index is 360. The minimum Gasteiger partial charge on any atom is -0.748 e. The Morgan fingerprint density at radius 2 is 1.21 bits per heavy atom. The normalized spacial score (nSPS) is 14.2. The zero-order valence-corrected chi connectivity index (χ0v) is 20.1. The zero-order chi connectivity index (χ0) is 17.6. The summed E-state index contributed by atoms with van der Waals surface area (Å²) in [4.78, 5) is 0. The first-order chi connectivity index (χ1) is 10.9. The van der Waals surface area contributed by atoms with Crippen LogP contribution in [0.3, 0.4) is 0 Å². The molecule has 0 rings (SSSR count). The Hall–Kier alpha value is 1.51. The van der Waals surface area contributed by atoms with E-state index in [-0.39, 0.29) is 51.4 Å². The van der Waals surface area contributed by atoms with Crippen molar-refractivity contribution in [3.63, 3.8) is 0 Å². The largest absolute Gasteiger partial charge is 1.00 e. The first-order valence-electron chi connectivity index (χ1n) is 9.54. The Kier molecular flexibility index (Phi) is 20.7. The van der Waals surface area contributed by atoms with Crippen LogP contribution in [-0.4, -0.2) is 29.4 Å². The van der Waals surface area contributed by atoms with E-state index in [1.54, 1.807) is 0 Å². The molecule has 0 heterocycles. The van der Waals surface area contributed by atoms with Crippen molar-refractivity contribution < 1.29 is 69.5 Å². The van der Waals surface area contributed by atoms with E-state index in [4.69, 9.17) is 0 Å². The third kappa shape index (κ3) is 16.9. The van der Waals surface area contributed by atoms with Crippen LogP contribution in [0.1, 0.15) is 104 Å². The summed E-state index contributed by atoms with van der Waals surface area (Å²) >= 11 is 0. The van der Waals surface area contributed by atoms with Gasteiger partial charge in [-0.25, -0.2) is 8.42 Å². The summed E-state index contributed by atoms with van der Waals surface area (Å²) in [5, 5.41) is 9.07. The molecule has 4 nitrogen and oxygen atoms in total. The monoisotopic (exact) mass is 388 g/mol. The fourth-order valence-electron chi connectivity index (χ4n) is 2.91. The molecule has 0 saturated carbocycles. The molecule has 0 aliphatic carbocycles. The van der Waals surface area contributed by atoms with Crippen molar-refractivity contribution in [1.82, 2.24) is 0 Å². The minimum absolute atomic E-state index is 0. The maximum Gasteiger partial charge on any atom is 1.00 e. The summed E-state index contributed by atoms with van der Waals surface area (Å²) in [6.07, 6.45) is 12.4. The number of unbranched alkanes of at least 4 members (excludes halogenated alkanes) is 8. The van der Waals surface area contributed by atoms with E-state index < -0.39 is 21.5 Å². The van der Waals surface area contributed by atoms with Crippen molar-refractivity contribution in [3.8, 4) is 0 Å². The molecule has 6 heteroatoms. The van der Waals surface area contributed by atoms with Crippen LogP contribution in [0.4, 0.5) is 0 Å². The maximum atomic E-state index is 11.4. The molecule has 0 aromatic carbocycles. The Labute approximate surface area is 192 Å². The van der Waals surface area contributed by atoms with Crippen LogP contribution in [-0.2, 0) is 10.1 Å². The van der Waals surface area contributed by atoms with Crippen molar-refractivity contribution in [2.24, 2.45) is 0 Å². The van der Waals surface area contributed by atoms with Crippen molar-refractivity contribution in [3.05, 3.63) is 0 Å². The van der Waals surface area contributed by atoms with E-state index >= 15 is 0 Å². The van der Waals surface area contributed by atoms with Crippen LogP contribution in [0.25, 0.3) is 0 Å². The topological polar surface area (TPSA) is 77.4 Å². The van der Waals surface area contributed by atoms with E-state index in [9.17, 15) is 18.1 Å². The molecule has 0 fully saturated rings. The summed E-state index contributed by atoms with van der Waals surface area (Å²) in [5.74, 6) is 0. The van der Waals surface area contributed by atoms with E-state index in [1.165, 1.54) is 25.7 Å². The Morgan fingerprint density at radius 1 is 0.750 bits per heavy atom. The van der Waals surface area contributed by atoms with Crippen molar-refractivity contribution in [2.45, 2.75) is 115 Å². The molecule has 2 unspecified atom stereocenters. The maximum absolute atomic E-state index is 11.4. The molecule has 0 amide bonds. The quantitative estimate of drug-likeness (QED) is 0.248. The van der Waals surface area contributed by atoms with Crippen LogP contribution >= 0.6 is 0 Å². The van der Waals surface area contributed by atoms with Gasteiger partial charge in [-0.2, -0.15) is 0 Å². The molecule has 0 aromatic rings. The predicted octanol–water partition coefficient (Wildman–Crippen LogP) is 1.77. The van der Waals surface area contributed by atoms with E-state index in [0.717, 1.165) is 38.5 Å². The van der Waals surface area contributed by atoms with Gasteiger partial charge in [0.1, 0.15) is 0 Å². The van der Waals surface area contributed by atoms with Crippen LogP contribution in [0.2, 0.25) is 0 Å². The second kappa shape index (κ2) is 17.9. The van der Waals surface area contributed by atoms with Crippen LogP contribution < -0.4 is 51.4 Å². The number of aliphatic hydroxyl groups is 1. The van der Waals surface area contributed by atoms with Gasteiger partial charge in [0.05, 0.1) is 16.2 Å². The van der Waals surface area contributed by atoms with Crippen molar-refractivity contribution >= 4 is 10.1 Å². The van der Waals surface area contributed by atoms with Crippen LogP contribution in [0.5, 0.6) is 0 Å². The second-order valence-corrected chi connectivity index (χ2v) is 8.40.